The highest BCUT2D eigenvalue weighted by molar-refractivity contribution is 6.02. The second kappa shape index (κ2) is 6.33. The molecule has 1 aromatic carbocycles. The monoisotopic (exact) mass is 370 g/mol. The van der Waals surface area contributed by atoms with E-state index in [0.717, 1.165) is 12.0 Å². The summed E-state index contributed by atoms with van der Waals surface area (Å²) in [6, 6.07) is 7.58. The molecule has 0 radical (unpaired) electrons. The third-order valence-corrected chi connectivity index (χ3v) is 5.26. The Labute approximate surface area is 155 Å². The molecule has 27 heavy (non-hydrogen) atoms. The van der Waals surface area contributed by atoms with Gasteiger partial charge in [-0.25, -0.2) is 13.3 Å². The molecule has 1 saturated carbocycles. The quantitative estimate of drug-likeness (QED) is 0.731. The van der Waals surface area contributed by atoms with E-state index in [2.05, 4.69) is 10.4 Å². The van der Waals surface area contributed by atoms with Crippen molar-refractivity contribution >= 4 is 17.1 Å². The molecule has 2 heterocycles. The average molecular weight is 370 g/mol. The number of amides is 1. The normalized spacial score (nSPS) is 22.3. The zero-order valence-corrected chi connectivity index (χ0v) is 14.9. The standard InChI is InChI=1S/C20H20F2N4O/c1-20(22)7-3-6-17(20)25-18-15(19(23)27)10-24-26-11-13(9-16(18)26)12-4-2-5-14(21)8-12/h2,4-5,8-11,17,25H,3,6-7H2,1H3,(H2,23,27)/t17-,20+/m1/s1. The maximum absolute atomic E-state index is 14.8. The van der Waals surface area contributed by atoms with Gasteiger partial charge in [-0.3, -0.25) is 4.79 Å². The van der Waals surface area contributed by atoms with Gasteiger partial charge in [-0.15, -0.1) is 0 Å². The number of nitrogens with two attached hydrogens (primary N) is 1. The lowest BCUT2D eigenvalue weighted by atomic mass is 10.0. The lowest BCUT2D eigenvalue weighted by Crippen LogP contribution is -2.36. The summed E-state index contributed by atoms with van der Waals surface area (Å²) >= 11 is 0. The molecule has 0 aliphatic heterocycles. The number of hydrogen-bond acceptors (Lipinski definition) is 3. The van der Waals surface area contributed by atoms with Crippen molar-refractivity contribution in [2.75, 3.05) is 5.32 Å². The molecule has 7 heteroatoms. The van der Waals surface area contributed by atoms with Crippen molar-refractivity contribution in [2.45, 2.75) is 37.9 Å². The average Bonchev–Trinajstić information content (AvgIpc) is 3.18. The van der Waals surface area contributed by atoms with Gasteiger partial charge in [-0.2, -0.15) is 5.10 Å². The summed E-state index contributed by atoms with van der Waals surface area (Å²) in [7, 11) is 0. The number of carbonyl (C=O) groups is 1. The second-order valence-electron chi connectivity index (χ2n) is 7.23. The number of carbonyl (C=O) groups excluding carboxylic acids is 1. The summed E-state index contributed by atoms with van der Waals surface area (Å²) in [6.45, 7) is 1.57. The van der Waals surface area contributed by atoms with E-state index < -0.39 is 17.6 Å². The van der Waals surface area contributed by atoms with Crippen LogP contribution in [0.1, 0.15) is 36.5 Å². The van der Waals surface area contributed by atoms with Gasteiger partial charge in [-0.05, 0) is 49.9 Å². The van der Waals surface area contributed by atoms with Gasteiger partial charge in [0.2, 0.25) is 0 Å². The van der Waals surface area contributed by atoms with Gasteiger partial charge in [0.25, 0.3) is 5.91 Å². The zero-order chi connectivity index (χ0) is 19.2. The molecule has 2 atom stereocenters. The molecule has 2 aromatic heterocycles. The third kappa shape index (κ3) is 3.13. The van der Waals surface area contributed by atoms with Crippen LogP contribution in [0.3, 0.4) is 0 Å². The number of benzene rings is 1. The molecule has 0 spiro atoms. The molecule has 0 bridgehead atoms. The van der Waals surface area contributed by atoms with Crippen LogP contribution in [-0.2, 0) is 0 Å². The van der Waals surface area contributed by atoms with E-state index >= 15 is 0 Å². The summed E-state index contributed by atoms with van der Waals surface area (Å²) in [5, 5.41) is 7.42. The fourth-order valence-electron chi connectivity index (χ4n) is 3.75. The van der Waals surface area contributed by atoms with Crippen LogP contribution in [0, 0.1) is 5.82 Å². The predicted molar refractivity (Wildman–Crippen MR) is 99.9 cm³/mol. The lowest BCUT2D eigenvalue weighted by molar-refractivity contribution is 0.1000. The first kappa shape index (κ1) is 17.5. The first-order valence-corrected chi connectivity index (χ1v) is 8.88. The molecule has 1 amide bonds. The number of hydrogen-bond donors (Lipinski definition) is 2. The van der Waals surface area contributed by atoms with Gasteiger partial charge in [0, 0.05) is 11.8 Å². The van der Waals surface area contributed by atoms with Crippen molar-refractivity contribution in [1.82, 2.24) is 9.61 Å². The highest BCUT2D eigenvalue weighted by atomic mass is 19.1. The van der Waals surface area contributed by atoms with Crippen LogP contribution < -0.4 is 11.1 Å². The predicted octanol–water partition coefficient (Wildman–Crippen LogP) is 3.93. The van der Waals surface area contributed by atoms with E-state index in [4.69, 9.17) is 5.73 Å². The topological polar surface area (TPSA) is 72.4 Å². The van der Waals surface area contributed by atoms with Crippen LogP contribution >= 0.6 is 0 Å². The molecule has 4 rings (SSSR count). The van der Waals surface area contributed by atoms with Crippen LogP contribution in [0.2, 0.25) is 0 Å². The molecule has 3 N–H and O–H groups in total. The number of aromatic nitrogens is 2. The fourth-order valence-corrected chi connectivity index (χ4v) is 3.75. The van der Waals surface area contributed by atoms with E-state index in [1.165, 1.54) is 18.3 Å². The van der Waals surface area contributed by atoms with Crippen LogP contribution in [0.5, 0.6) is 0 Å². The molecular weight excluding hydrogens is 350 g/mol. The second-order valence-corrected chi connectivity index (χ2v) is 7.23. The highest BCUT2D eigenvalue weighted by Crippen LogP contribution is 2.37. The molecular formula is C20H20F2N4O. The minimum Gasteiger partial charge on any atom is -0.377 e. The van der Waals surface area contributed by atoms with Gasteiger partial charge >= 0.3 is 0 Å². The summed E-state index contributed by atoms with van der Waals surface area (Å²) in [5.74, 6) is -0.981. The molecule has 3 aromatic rings. The number of nitrogens with zero attached hydrogens (tertiary/aromatic N) is 2. The first-order valence-electron chi connectivity index (χ1n) is 8.88. The van der Waals surface area contributed by atoms with Crippen molar-refractivity contribution < 1.29 is 13.6 Å². The number of rotatable bonds is 4. The molecule has 5 nitrogen and oxygen atoms in total. The molecule has 1 fully saturated rings. The van der Waals surface area contributed by atoms with E-state index in [-0.39, 0.29) is 11.4 Å². The Morgan fingerprint density at radius 1 is 1.37 bits per heavy atom. The maximum atomic E-state index is 14.8. The molecule has 0 saturated heterocycles. The number of nitrogens with one attached hydrogen (secondary N) is 1. The van der Waals surface area contributed by atoms with Gasteiger partial charge < -0.3 is 11.1 Å². The Balaban J connectivity index is 1.84. The van der Waals surface area contributed by atoms with E-state index in [1.54, 1.807) is 35.8 Å². The Hall–Kier alpha value is -2.96. The van der Waals surface area contributed by atoms with Crippen LogP contribution in [0.4, 0.5) is 14.5 Å². The van der Waals surface area contributed by atoms with Crippen molar-refractivity contribution in [2.24, 2.45) is 5.73 Å². The van der Waals surface area contributed by atoms with Crippen LogP contribution in [0.15, 0.2) is 42.7 Å². The first-order chi connectivity index (χ1) is 12.8. The summed E-state index contributed by atoms with van der Waals surface area (Å²) in [4.78, 5) is 11.9. The fraction of sp³-hybridized carbons (Fsp3) is 0.300. The van der Waals surface area contributed by atoms with Gasteiger partial charge in [0.05, 0.1) is 29.0 Å². The Morgan fingerprint density at radius 2 is 2.19 bits per heavy atom. The largest absolute Gasteiger partial charge is 0.377 e. The Kier molecular flexibility index (Phi) is 4.09. The number of fused-ring (bicyclic) bond motifs is 1. The Morgan fingerprint density at radius 3 is 2.85 bits per heavy atom. The number of alkyl halides is 1. The van der Waals surface area contributed by atoms with Crippen LogP contribution in [-0.4, -0.2) is 27.2 Å². The van der Waals surface area contributed by atoms with E-state index in [1.807, 2.05) is 0 Å². The number of anilines is 1. The summed E-state index contributed by atoms with van der Waals surface area (Å²) in [6.07, 6.45) is 5.01. The lowest BCUT2D eigenvalue weighted by Gasteiger charge is -2.26. The van der Waals surface area contributed by atoms with Crippen molar-refractivity contribution in [3.8, 4) is 11.1 Å². The molecule has 0 unspecified atom stereocenters. The SMILES string of the molecule is C[C@]1(F)CCC[C@H]1Nc1c(C(N)=O)cnn2cc(-c3cccc(F)c3)cc12. The minimum absolute atomic E-state index is 0.203. The Bertz CT molecular complexity index is 1030. The maximum Gasteiger partial charge on any atom is 0.252 e. The molecule has 1 aliphatic carbocycles. The summed E-state index contributed by atoms with van der Waals surface area (Å²) in [5.41, 5.74) is 6.81. The van der Waals surface area contributed by atoms with Gasteiger partial charge in [0.1, 0.15) is 11.5 Å². The van der Waals surface area contributed by atoms with Crippen molar-refractivity contribution in [3.63, 3.8) is 0 Å². The number of primary amides is 1. The van der Waals surface area contributed by atoms with Crippen molar-refractivity contribution in [3.05, 3.63) is 54.1 Å². The van der Waals surface area contributed by atoms with Gasteiger partial charge in [-0.1, -0.05) is 12.1 Å². The molecule has 140 valence electrons. The zero-order valence-electron chi connectivity index (χ0n) is 14.9. The third-order valence-electron chi connectivity index (χ3n) is 5.26. The van der Waals surface area contributed by atoms with Crippen molar-refractivity contribution in [1.29, 1.82) is 0 Å². The minimum atomic E-state index is -1.37. The summed E-state index contributed by atoms with van der Waals surface area (Å²) < 4.78 is 29.9. The van der Waals surface area contributed by atoms with Gasteiger partial charge in [0.15, 0.2) is 0 Å². The van der Waals surface area contributed by atoms with E-state index in [0.29, 0.717) is 29.6 Å². The highest BCUT2D eigenvalue weighted by Gasteiger charge is 2.39. The number of halogens is 2. The smallest absolute Gasteiger partial charge is 0.252 e. The molecule has 1 aliphatic rings. The van der Waals surface area contributed by atoms with E-state index in [9.17, 15) is 13.6 Å². The van der Waals surface area contributed by atoms with Crippen LogP contribution in [0.25, 0.3) is 16.6 Å².